The highest BCUT2D eigenvalue weighted by atomic mass is 32.2. The first kappa shape index (κ1) is 13.8. The molecule has 2 unspecified atom stereocenters. The highest BCUT2D eigenvalue weighted by molar-refractivity contribution is 7.89. The summed E-state index contributed by atoms with van der Waals surface area (Å²) in [5, 5.41) is 6.38. The second-order valence-corrected chi connectivity index (χ2v) is 7.42. The maximum absolute atomic E-state index is 12.7. The first-order chi connectivity index (χ1) is 9.60. The van der Waals surface area contributed by atoms with Gasteiger partial charge in [0.1, 0.15) is 5.78 Å². The molecule has 1 saturated carbocycles. The van der Waals surface area contributed by atoms with Crippen LogP contribution in [0.15, 0.2) is 17.3 Å². The second-order valence-electron chi connectivity index (χ2n) is 5.56. The minimum atomic E-state index is -3.57. The van der Waals surface area contributed by atoms with E-state index >= 15 is 0 Å². The topological polar surface area (TPSA) is 83.1 Å². The van der Waals surface area contributed by atoms with Crippen LogP contribution in [0.25, 0.3) is 0 Å². The highest BCUT2D eigenvalue weighted by Crippen LogP contribution is 2.35. The van der Waals surface area contributed by atoms with Crippen LogP contribution in [0.4, 0.5) is 0 Å². The van der Waals surface area contributed by atoms with E-state index in [0.717, 1.165) is 32.1 Å². The van der Waals surface area contributed by atoms with Gasteiger partial charge in [-0.15, -0.1) is 0 Å². The fourth-order valence-electron chi connectivity index (χ4n) is 3.39. The Morgan fingerprint density at radius 3 is 2.75 bits per heavy atom. The normalized spacial score (nSPS) is 28.9. The number of sulfonamides is 1. The summed E-state index contributed by atoms with van der Waals surface area (Å²) in [4.78, 5) is 12.0. The molecule has 1 aliphatic heterocycles. The van der Waals surface area contributed by atoms with Crippen LogP contribution in [0.3, 0.4) is 0 Å². The largest absolute Gasteiger partial charge is 0.299 e. The third-order valence-corrected chi connectivity index (χ3v) is 6.23. The molecule has 1 aliphatic carbocycles. The number of carbonyl (C=O) groups excluding carboxylic acids is 1. The first-order valence-electron chi connectivity index (χ1n) is 7.14. The number of piperidine rings is 1. The molecule has 110 valence electrons. The van der Waals surface area contributed by atoms with Crippen LogP contribution in [0.2, 0.25) is 0 Å². The van der Waals surface area contributed by atoms with E-state index in [0.29, 0.717) is 13.0 Å². The molecule has 7 heteroatoms. The number of aromatic nitrogens is 2. The first-order valence-corrected chi connectivity index (χ1v) is 8.58. The van der Waals surface area contributed by atoms with E-state index in [1.54, 1.807) is 0 Å². The summed E-state index contributed by atoms with van der Waals surface area (Å²) in [6.45, 7) is 0.496. The van der Waals surface area contributed by atoms with Gasteiger partial charge in [0.15, 0.2) is 5.03 Å². The lowest BCUT2D eigenvalue weighted by atomic mass is 9.90. The van der Waals surface area contributed by atoms with Crippen molar-refractivity contribution in [3.8, 4) is 0 Å². The van der Waals surface area contributed by atoms with Crippen molar-refractivity contribution >= 4 is 15.8 Å². The van der Waals surface area contributed by atoms with Crippen molar-refractivity contribution in [1.29, 1.82) is 0 Å². The lowest BCUT2D eigenvalue weighted by Crippen LogP contribution is -2.48. The van der Waals surface area contributed by atoms with E-state index in [2.05, 4.69) is 10.2 Å². The van der Waals surface area contributed by atoms with E-state index in [1.165, 1.54) is 16.6 Å². The number of aromatic amines is 1. The molecule has 2 heterocycles. The number of hydrogen-bond acceptors (Lipinski definition) is 4. The molecule has 1 aromatic heterocycles. The minimum absolute atomic E-state index is 0.118. The van der Waals surface area contributed by atoms with Crippen LogP contribution in [0.5, 0.6) is 0 Å². The van der Waals surface area contributed by atoms with Gasteiger partial charge in [-0.3, -0.25) is 9.89 Å². The van der Waals surface area contributed by atoms with Crippen molar-refractivity contribution in [2.24, 2.45) is 5.92 Å². The average molecular weight is 297 g/mol. The molecule has 20 heavy (non-hydrogen) atoms. The number of hydrogen-bond donors (Lipinski definition) is 1. The fourth-order valence-corrected chi connectivity index (χ4v) is 5.03. The fraction of sp³-hybridized carbons (Fsp3) is 0.692. The third-order valence-electron chi connectivity index (χ3n) is 4.38. The van der Waals surface area contributed by atoms with Crippen molar-refractivity contribution < 1.29 is 13.2 Å². The summed E-state index contributed by atoms with van der Waals surface area (Å²) < 4.78 is 26.9. The van der Waals surface area contributed by atoms with Crippen LogP contribution in [0, 0.1) is 5.92 Å². The summed E-state index contributed by atoms with van der Waals surface area (Å²) in [6, 6.07) is 1.30. The summed E-state index contributed by atoms with van der Waals surface area (Å²) >= 11 is 0. The maximum atomic E-state index is 12.7. The number of Topliss-reactive ketones (excluding diaryl/α,β-unsaturated/α-hetero) is 1. The molecule has 0 radical (unpaired) electrons. The monoisotopic (exact) mass is 297 g/mol. The average Bonchev–Trinajstić information content (AvgIpc) is 3.10. The van der Waals surface area contributed by atoms with Crippen LogP contribution < -0.4 is 0 Å². The van der Waals surface area contributed by atoms with Gasteiger partial charge in [-0.2, -0.15) is 9.40 Å². The molecule has 2 aliphatic rings. The summed E-state index contributed by atoms with van der Waals surface area (Å²) in [5.41, 5.74) is 0. The minimum Gasteiger partial charge on any atom is -0.299 e. The Hall–Kier alpha value is -1.21. The predicted molar refractivity (Wildman–Crippen MR) is 72.5 cm³/mol. The van der Waals surface area contributed by atoms with Gasteiger partial charge in [0.05, 0.1) is 6.20 Å². The molecule has 1 saturated heterocycles. The Morgan fingerprint density at radius 2 is 2.10 bits per heavy atom. The van der Waals surface area contributed by atoms with Crippen molar-refractivity contribution in [1.82, 2.24) is 14.5 Å². The zero-order valence-corrected chi connectivity index (χ0v) is 12.1. The molecule has 1 N–H and O–H groups in total. The van der Waals surface area contributed by atoms with E-state index in [9.17, 15) is 13.2 Å². The molecule has 3 rings (SSSR count). The molecule has 2 atom stereocenters. The maximum Gasteiger partial charge on any atom is 0.260 e. The molecule has 0 amide bonds. The molecule has 0 bridgehead atoms. The van der Waals surface area contributed by atoms with Crippen LogP contribution in [-0.4, -0.2) is 41.3 Å². The predicted octanol–water partition coefficient (Wildman–Crippen LogP) is 1.32. The van der Waals surface area contributed by atoms with Gasteiger partial charge in [0, 0.05) is 24.9 Å². The van der Waals surface area contributed by atoms with Crippen LogP contribution in [-0.2, 0) is 14.8 Å². The van der Waals surface area contributed by atoms with E-state index in [-0.39, 0.29) is 22.8 Å². The highest BCUT2D eigenvalue weighted by Gasteiger charge is 2.42. The van der Waals surface area contributed by atoms with Crippen molar-refractivity contribution in [3.63, 3.8) is 0 Å². The van der Waals surface area contributed by atoms with E-state index in [4.69, 9.17) is 0 Å². The Kier molecular flexibility index (Phi) is 3.64. The molecule has 0 aromatic carbocycles. The van der Waals surface area contributed by atoms with Gasteiger partial charge >= 0.3 is 0 Å². The summed E-state index contributed by atoms with van der Waals surface area (Å²) in [7, 11) is -3.57. The van der Waals surface area contributed by atoms with Crippen molar-refractivity contribution in [2.45, 2.75) is 49.6 Å². The number of carbonyl (C=O) groups is 1. The Bertz CT molecular complexity index is 582. The number of nitrogens with one attached hydrogen (secondary N) is 1. The Balaban J connectivity index is 1.91. The molecule has 0 spiro atoms. The van der Waals surface area contributed by atoms with Crippen LogP contribution in [0.1, 0.15) is 38.5 Å². The zero-order valence-electron chi connectivity index (χ0n) is 11.3. The van der Waals surface area contributed by atoms with Gasteiger partial charge in [-0.25, -0.2) is 8.42 Å². The molecule has 6 nitrogen and oxygen atoms in total. The number of H-pyrrole nitrogens is 1. The number of rotatable bonds is 3. The second kappa shape index (κ2) is 5.29. The van der Waals surface area contributed by atoms with Gasteiger partial charge in [0.25, 0.3) is 10.0 Å². The lowest BCUT2D eigenvalue weighted by molar-refractivity contribution is -0.122. The van der Waals surface area contributed by atoms with Crippen LogP contribution >= 0.6 is 0 Å². The lowest BCUT2D eigenvalue weighted by Gasteiger charge is -2.37. The third kappa shape index (κ3) is 2.29. The zero-order chi connectivity index (χ0) is 14.2. The van der Waals surface area contributed by atoms with E-state index < -0.39 is 10.0 Å². The molecule has 1 aromatic rings. The quantitative estimate of drug-likeness (QED) is 0.912. The van der Waals surface area contributed by atoms with E-state index in [1.807, 2.05) is 0 Å². The SMILES string of the molecule is O=C1CCCC1C1CCCCN1S(=O)(=O)c1ccn[nH]1. The van der Waals surface area contributed by atoms with Gasteiger partial charge in [-0.1, -0.05) is 6.42 Å². The summed E-state index contributed by atoms with van der Waals surface area (Å²) in [5.74, 6) is 0.106. The van der Waals surface area contributed by atoms with Crippen molar-refractivity contribution in [2.75, 3.05) is 6.54 Å². The van der Waals surface area contributed by atoms with Gasteiger partial charge in [-0.05, 0) is 31.7 Å². The number of ketones is 1. The molecular formula is C13H19N3O3S. The molecule has 2 fully saturated rings. The Morgan fingerprint density at radius 1 is 1.25 bits per heavy atom. The number of nitrogens with zero attached hydrogens (tertiary/aromatic N) is 2. The van der Waals surface area contributed by atoms with Gasteiger partial charge in [0.2, 0.25) is 0 Å². The standard InChI is InChI=1S/C13H19N3O3S/c17-12-6-3-4-10(12)11-5-1-2-9-16(11)20(18,19)13-7-8-14-15-13/h7-8,10-11H,1-6,9H2,(H,14,15). The van der Waals surface area contributed by atoms with Gasteiger partial charge < -0.3 is 0 Å². The Labute approximate surface area is 118 Å². The summed E-state index contributed by atoms with van der Waals surface area (Å²) in [6.07, 6.45) is 6.36. The smallest absolute Gasteiger partial charge is 0.260 e. The van der Waals surface area contributed by atoms with Crippen molar-refractivity contribution in [3.05, 3.63) is 12.3 Å². The molecular weight excluding hydrogens is 278 g/mol.